The van der Waals surface area contributed by atoms with Crippen LogP contribution in [-0.2, 0) is 28.5 Å². The Hall–Kier alpha value is -3.37. The Kier molecular flexibility index (Phi) is 16.4. The number of esters is 2. The fourth-order valence-corrected chi connectivity index (χ4v) is 11.8. The van der Waals surface area contributed by atoms with Gasteiger partial charge in [0.2, 0.25) is 0 Å². The van der Waals surface area contributed by atoms with E-state index in [0.29, 0.717) is 47.6 Å². The third-order valence-electron chi connectivity index (χ3n) is 13.5. The molecule has 2 aliphatic heterocycles. The highest BCUT2D eigenvalue weighted by Gasteiger charge is 2.50. The lowest BCUT2D eigenvalue weighted by molar-refractivity contribution is -0.161. The molecule has 14 nitrogen and oxygen atoms in total. The van der Waals surface area contributed by atoms with Crippen molar-refractivity contribution >= 4 is 46.7 Å². The second-order valence-electron chi connectivity index (χ2n) is 27.7. The quantitative estimate of drug-likeness (QED) is 0.133. The highest BCUT2D eigenvalue weighted by Crippen LogP contribution is 2.54. The number of likely N-dealkylation sites (tertiary alicyclic amines) is 2. The molecule has 70 heavy (non-hydrogen) atoms. The van der Waals surface area contributed by atoms with Crippen LogP contribution >= 0.6 is 22.6 Å². The number of carbonyl (C=O) groups is 4. The summed E-state index contributed by atoms with van der Waals surface area (Å²) >= 11 is 2.30. The van der Waals surface area contributed by atoms with Crippen LogP contribution in [0.1, 0.15) is 234 Å². The Morgan fingerprint density at radius 3 is 1.24 bits per heavy atom. The minimum absolute atomic E-state index is 0.240. The molecule has 0 radical (unpaired) electrons. The van der Waals surface area contributed by atoms with E-state index in [4.69, 9.17) is 28.0 Å². The zero-order valence-electron chi connectivity index (χ0n) is 45.9. The molecule has 0 spiro atoms. The topological polar surface area (TPSA) is 164 Å². The molecule has 2 aromatic heterocycles. The molecule has 3 saturated carbocycles. The van der Waals surface area contributed by atoms with Crippen LogP contribution in [0.15, 0.2) is 9.05 Å². The van der Waals surface area contributed by atoms with E-state index in [1.807, 2.05) is 83.1 Å². The summed E-state index contributed by atoms with van der Waals surface area (Å²) in [6, 6.07) is 0. The molecule has 0 unspecified atom stereocenters. The van der Waals surface area contributed by atoms with Gasteiger partial charge in [0.25, 0.3) is 0 Å². The SMILES string of the molecule is CC(C)(C)CC1CC(c2onc([C@H]3CN(C(=O)OC(C)(C)C)C[C@@H]3C(=O)OC(C)(C)C)c2C2CC2)C1.CC(C)(C)CC1CC(c2onc([C@H]3CN(C(=O)OC(C)(C)C)C[C@@H]3C(=O)OC(C)(C)C)c2I)C1. The van der Waals surface area contributed by atoms with Crippen molar-refractivity contribution in [3.05, 3.63) is 32.0 Å². The summed E-state index contributed by atoms with van der Waals surface area (Å²) in [6.45, 7) is 37.2. The van der Waals surface area contributed by atoms with Crippen LogP contribution in [-0.4, -0.2) is 92.8 Å². The largest absolute Gasteiger partial charge is 0.460 e. The second-order valence-corrected chi connectivity index (χ2v) is 28.8. The molecule has 2 aromatic rings. The van der Waals surface area contributed by atoms with Crippen molar-refractivity contribution in [2.24, 2.45) is 34.5 Å². The summed E-state index contributed by atoms with van der Waals surface area (Å²) in [4.78, 5) is 55.4. The third-order valence-corrected chi connectivity index (χ3v) is 14.6. The van der Waals surface area contributed by atoms with Gasteiger partial charge in [-0.25, -0.2) is 9.59 Å². The Bertz CT molecular complexity index is 2170. The summed E-state index contributed by atoms with van der Waals surface area (Å²) in [5.74, 6) is 2.39. The van der Waals surface area contributed by atoms with Crippen molar-refractivity contribution in [1.82, 2.24) is 20.1 Å². The first-order valence-electron chi connectivity index (χ1n) is 26.0. The van der Waals surface area contributed by atoms with Gasteiger partial charge in [-0.15, -0.1) is 0 Å². The average Bonchev–Trinajstić information content (AvgIpc) is 3.45. The summed E-state index contributed by atoms with van der Waals surface area (Å²) in [6.07, 6.45) is 8.32. The number of halogens is 1. The Morgan fingerprint density at radius 1 is 0.514 bits per heavy atom. The highest BCUT2D eigenvalue weighted by atomic mass is 127. The van der Waals surface area contributed by atoms with E-state index in [9.17, 15) is 19.2 Å². The summed E-state index contributed by atoms with van der Waals surface area (Å²) < 4.78 is 35.6. The van der Waals surface area contributed by atoms with Gasteiger partial charge in [-0.2, -0.15) is 0 Å². The predicted molar refractivity (Wildman–Crippen MR) is 277 cm³/mol. The zero-order chi connectivity index (χ0) is 52.3. The van der Waals surface area contributed by atoms with Crippen LogP contribution in [0.3, 0.4) is 0 Å². The average molecular weight is 1090 g/mol. The molecule has 4 heterocycles. The molecule has 2 amide bonds. The minimum Gasteiger partial charge on any atom is -0.460 e. The lowest BCUT2D eigenvalue weighted by atomic mass is 9.66. The number of hydrogen-bond donors (Lipinski definition) is 0. The van der Waals surface area contributed by atoms with Crippen molar-refractivity contribution in [3.63, 3.8) is 0 Å². The van der Waals surface area contributed by atoms with Gasteiger partial charge in [-0.3, -0.25) is 9.59 Å². The molecular weight excluding hydrogens is 1000 g/mol. The van der Waals surface area contributed by atoms with Gasteiger partial charge in [0.05, 0.1) is 21.1 Å². The third kappa shape index (κ3) is 15.1. The fraction of sp³-hybridized carbons (Fsp3) is 0.818. The summed E-state index contributed by atoms with van der Waals surface area (Å²) in [7, 11) is 0. The van der Waals surface area contributed by atoms with Crippen LogP contribution in [0.4, 0.5) is 9.59 Å². The molecule has 0 aromatic carbocycles. The Morgan fingerprint density at radius 2 is 0.871 bits per heavy atom. The van der Waals surface area contributed by atoms with E-state index in [-0.39, 0.29) is 36.9 Å². The van der Waals surface area contributed by atoms with E-state index in [1.54, 1.807) is 9.80 Å². The first kappa shape index (κ1) is 55.9. The molecule has 7 rings (SSSR count). The van der Waals surface area contributed by atoms with Gasteiger partial charge < -0.3 is 37.8 Å². The molecule has 5 aliphatic rings. The maximum atomic E-state index is 13.3. The standard InChI is InChI=1S/C29H46N2O5.C26H41IN2O5/c1-27(2,3)14-17-12-19(13-17)24-22(18-10-11-18)23(30-36-24)20-15-31(26(33)35-29(7,8)9)16-21(20)25(32)34-28(4,5)6;1-24(2,3)12-15-10-16(11-15)21-19(27)20(28-34-21)17-13-29(23(31)33-26(7,8)9)14-18(17)22(30)32-25(4,5)6/h17-21H,10-16H2,1-9H3;15-18H,10-14H2,1-9H3/t17?,19?,20-,21-;15?,16?,17-,18-/m00/s1. The number of carbonyl (C=O) groups excluding carboxylic acids is 4. The number of amides is 2. The second kappa shape index (κ2) is 20.5. The molecule has 4 atom stereocenters. The lowest BCUT2D eigenvalue weighted by Crippen LogP contribution is -2.36. The van der Waals surface area contributed by atoms with Gasteiger partial charge in [0, 0.05) is 55.4 Å². The van der Waals surface area contributed by atoms with Gasteiger partial charge in [0.1, 0.15) is 33.9 Å². The van der Waals surface area contributed by atoms with Crippen molar-refractivity contribution in [3.8, 4) is 0 Å². The van der Waals surface area contributed by atoms with Crippen molar-refractivity contribution in [1.29, 1.82) is 0 Å². The van der Waals surface area contributed by atoms with E-state index in [2.05, 4.69) is 74.4 Å². The fourth-order valence-electron chi connectivity index (χ4n) is 10.8. The number of aromatic nitrogens is 2. The normalized spacial score (nSPS) is 26.4. The van der Waals surface area contributed by atoms with Crippen LogP contribution in [0.2, 0.25) is 0 Å². The van der Waals surface area contributed by atoms with Gasteiger partial charge >= 0.3 is 24.1 Å². The Balaban J connectivity index is 0.000000230. The van der Waals surface area contributed by atoms with Crippen LogP contribution < -0.4 is 0 Å². The summed E-state index contributed by atoms with van der Waals surface area (Å²) in [5.41, 5.74) is 1.02. The lowest BCUT2D eigenvalue weighted by Gasteiger charge is -2.38. The van der Waals surface area contributed by atoms with Crippen molar-refractivity contribution < 1.29 is 47.2 Å². The molecule has 3 aliphatic carbocycles. The maximum absolute atomic E-state index is 13.3. The molecule has 5 fully saturated rings. The molecule has 15 heteroatoms. The van der Waals surface area contributed by atoms with Crippen LogP contribution in [0.25, 0.3) is 0 Å². The molecular formula is C55H87IN4O10. The van der Waals surface area contributed by atoms with Gasteiger partial charge in [0.15, 0.2) is 5.76 Å². The molecule has 0 bridgehead atoms. The van der Waals surface area contributed by atoms with Crippen LogP contribution in [0.5, 0.6) is 0 Å². The number of ether oxygens (including phenoxy) is 4. The monoisotopic (exact) mass is 1090 g/mol. The summed E-state index contributed by atoms with van der Waals surface area (Å²) in [5, 5.41) is 9.03. The van der Waals surface area contributed by atoms with E-state index in [0.717, 1.165) is 70.9 Å². The van der Waals surface area contributed by atoms with E-state index in [1.165, 1.54) is 18.4 Å². The van der Waals surface area contributed by atoms with Gasteiger partial charge in [-0.1, -0.05) is 51.9 Å². The molecule has 394 valence electrons. The van der Waals surface area contributed by atoms with Crippen LogP contribution in [0, 0.1) is 38.1 Å². The molecule has 0 N–H and O–H groups in total. The Labute approximate surface area is 432 Å². The number of nitrogens with zero attached hydrogens (tertiary/aromatic N) is 4. The highest BCUT2D eigenvalue weighted by molar-refractivity contribution is 14.1. The van der Waals surface area contributed by atoms with E-state index < -0.39 is 46.4 Å². The van der Waals surface area contributed by atoms with Crippen molar-refractivity contribution in [2.75, 3.05) is 26.2 Å². The molecule has 2 saturated heterocycles. The minimum atomic E-state index is -0.614. The van der Waals surface area contributed by atoms with Crippen molar-refractivity contribution in [2.45, 2.75) is 228 Å². The number of rotatable bonds is 9. The van der Waals surface area contributed by atoms with E-state index >= 15 is 0 Å². The predicted octanol–water partition coefficient (Wildman–Crippen LogP) is 13.3. The number of hydrogen-bond acceptors (Lipinski definition) is 12. The smallest absolute Gasteiger partial charge is 0.410 e. The first-order chi connectivity index (χ1) is 31.9. The van der Waals surface area contributed by atoms with Gasteiger partial charge in [-0.05, 0) is 186 Å². The zero-order valence-corrected chi connectivity index (χ0v) is 48.1. The maximum Gasteiger partial charge on any atom is 0.410 e. The first-order valence-corrected chi connectivity index (χ1v) is 27.1.